The number of halogens is 4. The highest BCUT2D eigenvalue weighted by atomic mass is 35.5. The van der Waals surface area contributed by atoms with E-state index in [0.29, 0.717) is 38.1 Å². The van der Waals surface area contributed by atoms with Crippen molar-refractivity contribution in [3.63, 3.8) is 0 Å². The van der Waals surface area contributed by atoms with Gasteiger partial charge in [-0.1, -0.05) is 0 Å². The third-order valence-corrected chi connectivity index (χ3v) is 3.38. The van der Waals surface area contributed by atoms with E-state index in [9.17, 15) is 18.0 Å². The van der Waals surface area contributed by atoms with Crippen LogP contribution in [0.25, 0.3) is 0 Å². The Labute approximate surface area is 107 Å². The van der Waals surface area contributed by atoms with E-state index < -0.39 is 23.4 Å². The molecule has 0 unspecified atom stereocenters. The lowest BCUT2D eigenvalue weighted by Crippen LogP contribution is -2.38. The van der Waals surface area contributed by atoms with Crippen LogP contribution in [0.15, 0.2) is 12.1 Å². The minimum Gasteiger partial charge on any atom is -0.339 e. The van der Waals surface area contributed by atoms with E-state index in [-0.39, 0.29) is 10.9 Å². The summed E-state index contributed by atoms with van der Waals surface area (Å²) >= 11 is 5.90. The summed E-state index contributed by atoms with van der Waals surface area (Å²) in [5, 5.41) is 0.0238. The predicted octanol–water partition coefficient (Wildman–Crippen LogP) is 2.95. The summed E-state index contributed by atoms with van der Waals surface area (Å²) in [7, 11) is 0. The second kappa shape index (κ2) is 5.18. The Morgan fingerprint density at radius 1 is 1.17 bits per heavy atom. The SMILES string of the molecule is O=C(c1cc(F)c(F)c(F)c1)N1CCC(Cl)CC1. The van der Waals surface area contributed by atoms with Crippen molar-refractivity contribution in [3.8, 4) is 0 Å². The van der Waals surface area contributed by atoms with E-state index in [1.807, 2.05) is 0 Å². The van der Waals surface area contributed by atoms with Crippen molar-refractivity contribution in [2.24, 2.45) is 0 Å². The first kappa shape index (κ1) is 13.2. The van der Waals surface area contributed by atoms with E-state index in [0.717, 1.165) is 0 Å². The van der Waals surface area contributed by atoms with Gasteiger partial charge in [0.05, 0.1) is 0 Å². The van der Waals surface area contributed by atoms with Crippen LogP contribution < -0.4 is 0 Å². The van der Waals surface area contributed by atoms with Gasteiger partial charge in [-0.3, -0.25) is 4.79 Å². The van der Waals surface area contributed by atoms with Gasteiger partial charge in [-0.05, 0) is 25.0 Å². The zero-order chi connectivity index (χ0) is 13.3. The van der Waals surface area contributed by atoms with Crippen LogP contribution in [0, 0.1) is 17.5 Å². The molecule has 0 atom stereocenters. The fourth-order valence-electron chi connectivity index (χ4n) is 1.91. The maximum absolute atomic E-state index is 13.0. The first-order chi connectivity index (χ1) is 8.49. The number of nitrogens with zero attached hydrogens (tertiary/aromatic N) is 1. The number of carbonyl (C=O) groups excluding carboxylic acids is 1. The van der Waals surface area contributed by atoms with Crippen molar-refractivity contribution < 1.29 is 18.0 Å². The highest BCUT2D eigenvalue weighted by Crippen LogP contribution is 2.20. The number of alkyl halides is 1. The molecule has 0 radical (unpaired) electrons. The van der Waals surface area contributed by atoms with E-state index in [4.69, 9.17) is 11.6 Å². The van der Waals surface area contributed by atoms with Crippen molar-refractivity contribution in [2.75, 3.05) is 13.1 Å². The van der Waals surface area contributed by atoms with Crippen LogP contribution in [-0.2, 0) is 0 Å². The molecule has 1 fully saturated rings. The molecule has 1 aliphatic rings. The lowest BCUT2D eigenvalue weighted by atomic mass is 10.1. The molecule has 1 amide bonds. The van der Waals surface area contributed by atoms with Crippen molar-refractivity contribution in [2.45, 2.75) is 18.2 Å². The molecule has 0 aliphatic carbocycles. The first-order valence-corrected chi connectivity index (χ1v) is 6.00. The van der Waals surface area contributed by atoms with Gasteiger partial charge in [0.1, 0.15) is 0 Å². The van der Waals surface area contributed by atoms with E-state index in [1.54, 1.807) is 0 Å². The predicted molar refractivity (Wildman–Crippen MR) is 61.1 cm³/mol. The largest absolute Gasteiger partial charge is 0.339 e. The monoisotopic (exact) mass is 277 g/mol. The van der Waals surface area contributed by atoms with Gasteiger partial charge in [-0.15, -0.1) is 11.6 Å². The van der Waals surface area contributed by atoms with E-state index >= 15 is 0 Å². The molecule has 1 aromatic rings. The van der Waals surface area contributed by atoms with Crippen LogP contribution >= 0.6 is 11.6 Å². The summed E-state index contributed by atoms with van der Waals surface area (Å²) in [6.07, 6.45) is 1.28. The Morgan fingerprint density at radius 2 is 1.67 bits per heavy atom. The molecule has 1 aromatic carbocycles. The molecule has 0 saturated carbocycles. The molecule has 1 aliphatic heterocycles. The van der Waals surface area contributed by atoms with E-state index in [1.165, 1.54) is 4.90 Å². The van der Waals surface area contributed by atoms with E-state index in [2.05, 4.69) is 0 Å². The number of amides is 1. The summed E-state index contributed by atoms with van der Waals surface area (Å²) in [6.45, 7) is 0.876. The summed E-state index contributed by atoms with van der Waals surface area (Å²) < 4.78 is 38.8. The smallest absolute Gasteiger partial charge is 0.254 e. The van der Waals surface area contributed by atoms with Gasteiger partial charge in [0, 0.05) is 24.0 Å². The molecule has 98 valence electrons. The zero-order valence-corrected chi connectivity index (χ0v) is 10.2. The highest BCUT2D eigenvalue weighted by molar-refractivity contribution is 6.20. The van der Waals surface area contributed by atoms with Crippen LogP contribution in [0.4, 0.5) is 13.2 Å². The second-order valence-electron chi connectivity index (χ2n) is 4.22. The summed E-state index contributed by atoms with van der Waals surface area (Å²) in [6, 6.07) is 1.43. The number of benzene rings is 1. The fraction of sp³-hybridized carbons (Fsp3) is 0.417. The van der Waals surface area contributed by atoms with Gasteiger partial charge in [0.15, 0.2) is 17.5 Å². The Morgan fingerprint density at radius 3 is 2.17 bits per heavy atom. The van der Waals surface area contributed by atoms with Gasteiger partial charge < -0.3 is 4.90 Å². The van der Waals surface area contributed by atoms with Crippen LogP contribution in [0.5, 0.6) is 0 Å². The second-order valence-corrected chi connectivity index (χ2v) is 4.84. The normalized spacial score (nSPS) is 17.0. The molecule has 18 heavy (non-hydrogen) atoms. The molecule has 0 spiro atoms. The minimum absolute atomic E-state index is 0.0238. The van der Waals surface area contributed by atoms with Crippen molar-refractivity contribution >= 4 is 17.5 Å². The Balaban J connectivity index is 2.19. The van der Waals surface area contributed by atoms with Crippen LogP contribution in [0.1, 0.15) is 23.2 Å². The van der Waals surface area contributed by atoms with Crippen LogP contribution in [0.3, 0.4) is 0 Å². The van der Waals surface area contributed by atoms with Gasteiger partial charge in [-0.2, -0.15) is 0 Å². The van der Waals surface area contributed by atoms with Gasteiger partial charge in [0.25, 0.3) is 5.91 Å². The third-order valence-electron chi connectivity index (χ3n) is 2.94. The number of carbonyl (C=O) groups is 1. The molecule has 2 rings (SSSR count). The Bertz CT molecular complexity index is 449. The summed E-state index contributed by atoms with van der Waals surface area (Å²) in [4.78, 5) is 13.4. The lowest BCUT2D eigenvalue weighted by molar-refractivity contribution is 0.0725. The summed E-state index contributed by atoms with van der Waals surface area (Å²) in [5.74, 6) is -4.78. The summed E-state index contributed by atoms with van der Waals surface area (Å²) in [5.41, 5.74) is -0.181. The molecule has 6 heteroatoms. The molecule has 1 heterocycles. The van der Waals surface area contributed by atoms with Crippen molar-refractivity contribution in [1.29, 1.82) is 0 Å². The van der Waals surface area contributed by atoms with Gasteiger partial charge in [0.2, 0.25) is 0 Å². The fourth-order valence-corrected chi connectivity index (χ4v) is 2.11. The molecule has 0 bridgehead atoms. The highest BCUT2D eigenvalue weighted by Gasteiger charge is 2.24. The zero-order valence-electron chi connectivity index (χ0n) is 9.43. The van der Waals surface area contributed by atoms with Crippen molar-refractivity contribution in [3.05, 3.63) is 35.1 Å². The third kappa shape index (κ3) is 2.61. The van der Waals surface area contributed by atoms with Crippen molar-refractivity contribution in [1.82, 2.24) is 4.90 Å². The average molecular weight is 278 g/mol. The number of hydrogen-bond acceptors (Lipinski definition) is 1. The average Bonchev–Trinajstić information content (AvgIpc) is 2.35. The quantitative estimate of drug-likeness (QED) is 0.571. The Kier molecular flexibility index (Phi) is 3.80. The van der Waals surface area contributed by atoms with Crippen LogP contribution in [-0.4, -0.2) is 29.3 Å². The maximum atomic E-state index is 13.0. The molecular weight excluding hydrogens is 267 g/mol. The minimum atomic E-state index is -1.56. The Hall–Kier alpha value is -1.23. The number of rotatable bonds is 1. The molecule has 2 nitrogen and oxygen atoms in total. The first-order valence-electron chi connectivity index (χ1n) is 5.57. The maximum Gasteiger partial charge on any atom is 0.254 e. The molecule has 1 saturated heterocycles. The van der Waals surface area contributed by atoms with Crippen LogP contribution in [0.2, 0.25) is 0 Å². The number of piperidine rings is 1. The lowest BCUT2D eigenvalue weighted by Gasteiger charge is -2.29. The number of hydrogen-bond donors (Lipinski definition) is 0. The molecule has 0 N–H and O–H groups in total. The molecule has 0 aromatic heterocycles. The standard InChI is InChI=1S/C12H11ClF3NO/c13-8-1-3-17(4-2-8)12(18)7-5-9(14)11(16)10(15)6-7/h5-6,8H,1-4H2. The topological polar surface area (TPSA) is 20.3 Å². The van der Waals surface area contributed by atoms with Gasteiger partial charge >= 0.3 is 0 Å². The molecular formula is C12H11ClF3NO. The number of likely N-dealkylation sites (tertiary alicyclic amines) is 1. The van der Waals surface area contributed by atoms with Gasteiger partial charge in [-0.25, -0.2) is 13.2 Å².